The lowest BCUT2D eigenvalue weighted by Crippen LogP contribution is -2.53. The van der Waals surface area contributed by atoms with Crippen LogP contribution in [0.25, 0.3) is 0 Å². The molecule has 2 N–H and O–H groups in total. The molecule has 1 aliphatic heterocycles. The number of amides is 3. The number of aryl methyl sites for hydroxylation is 1. The summed E-state index contributed by atoms with van der Waals surface area (Å²) >= 11 is 0. The summed E-state index contributed by atoms with van der Waals surface area (Å²) in [6, 6.07) is 8.09. The van der Waals surface area contributed by atoms with Gasteiger partial charge in [0, 0.05) is 24.7 Å². The van der Waals surface area contributed by atoms with Crippen molar-refractivity contribution in [1.82, 2.24) is 15.5 Å². The molecular formula is C19H29N3O2. The summed E-state index contributed by atoms with van der Waals surface area (Å²) in [5.74, 6) is 0.0573. The molecule has 2 rings (SSSR count). The molecule has 0 bridgehead atoms. The predicted octanol–water partition coefficient (Wildman–Crippen LogP) is 2.63. The molecule has 5 heteroatoms. The van der Waals surface area contributed by atoms with E-state index >= 15 is 0 Å². The molecule has 1 heterocycles. The lowest BCUT2D eigenvalue weighted by molar-refractivity contribution is -0.121. The van der Waals surface area contributed by atoms with Crippen LogP contribution in [0.2, 0.25) is 0 Å². The van der Waals surface area contributed by atoms with Crippen LogP contribution in [-0.2, 0) is 11.2 Å². The van der Waals surface area contributed by atoms with Gasteiger partial charge in [-0.25, -0.2) is 4.79 Å². The van der Waals surface area contributed by atoms with Crippen molar-refractivity contribution in [3.05, 3.63) is 35.4 Å². The number of nitrogens with zero attached hydrogens (tertiary/aromatic N) is 1. The first-order chi connectivity index (χ1) is 11.2. The predicted molar refractivity (Wildman–Crippen MR) is 95.9 cm³/mol. The molecule has 0 aliphatic carbocycles. The molecule has 0 saturated carbocycles. The lowest BCUT2D eigenvalue weighted by Gasteiger charge is -2.34. The molecule has 1 fully saturated rings. The number of rotatable bonds is 3. The maximum atomic E-state index is 12.2. The second-order valence-corrected chi connectivity index (χ2v) is 7.61. The molecule has 1 aromatic rings. The maximum Gasteiger partial charge on any atom is 0.317 e. The van der Waals surface area contributed by atoms with Crippen LogP contribution >= 0.6 is 0 Å². The van der Waals surface area contributed by atoms with Crippen molar-refractivity contribution in [2.24, 2.45) is 0 Å². The van der Waals surface area contributed by atoms with Gasteiger partial charge >= 0.3 is 6.03 Å². The number of benzene rings is 1. The van der Waals surface area contributed by atoms with Crippen molar-refractivity contribution in [2.75, 3.05) is 13.1 Å². The molecule has 5 nitrogen and oxygen atoms in total. The highest BCUT2D eigenvalue weighted by molar-refractivity contribution is 5.79. The summed E-state index contributed by atoms with van der Waals surface area (Å²) in [4.78, 5) is 26.2. The molecular weight excluding hydrogens is 302 g/mol. The fraction of sp³-hybridized carbons (Fsp3) is 0.579. The van der Waals surface area contributed by atoms with E-state index in [1.807, 2.05) is 56.9 Å². The standard InChI is InChI=1S/C19H29N3O2/c1-14-7-5-6-8-15(14)13-17(23)20-16-9-11-22(12-10-16)18(24)21-19(2,3)4/h5-8,16H,9-13H2,1-4H3,(H,20,23)(H,21,24). The third-order valence-corrected chi connectivity index (χ3v) is 4.24. The van der Waals surface area contributed by atoms with Crippen molar-refractivity contribution >= 4 is 11.9 Å². The van der Waals surface area contributed by atoms with E-state index in [9.17, 15) is 9.59 Å². The summed E-state index contributed by atoms with van der Waals surface area (Å²) in [7, 11) is 0. The lowest BCUT2D eigenvalue weighted by atomic mass is 10.0. The molecule has 1 aromatic carbocycles. The van der Waals surface area contributed by atoms with Gasteiger partial charge in [-0.05, 0) is 51.7 Å². The highest BCUT2D eigenvalue weighted by atomic mass is 16.2. The van der Waals surface area contributed by atoms with Crippen molar-refractivity contribution in [3.63, 3.8) is 0 Å². The molecule has 0 aromatic heterocycles. The smallest absolute Gasteiger partial charge is 0.317 e. The number of likely N-dealkylation sites (tertiary alicyclic amines) is 1. The van der Waals surface area contributed by atoms with Crippen LogP contribution in [0.5, 0.6) is 0 Å². The second kappa shape index (κ2) is 7.69. The fourth-order valence-corrected chi connectivity index (χ4v) is 2.89. The molecule has 0 spiro atoms. The average molecular weight is 331 g/mol. The number of piperidine rings is 1. The number of nitrogens with one attached hydrogen (secondary N) is 2. The molecule has 0 unspecified atom stereocenters. The number of hydrogen-bond donors (Lipinski definition) is 2. The zero-order valence-electron chi connectivity index (χ0n) is 15.2. The minimum atomic E-state index is -0.226. The SMILES string of the molecule is Cc1ccccc1CC(=O)NC1CCN(C(=O)NC(C)(C)C)CC1. The molecule has 24 heavy (non-hydrogen) atoms. The Morgan fingerprint density at radius 3 is 2.38 bits per heavy atom. The van der Waals surface area contributed by atoms with E-state index in [1.165, 1.54) is 0 Å². The minimum absolute atomic E-state index is 0.0211. The number of carbonyl (C=O) groups excluding carboxylic acids is 2. The number of hydrogen-bond acceptors (Lipinski definition) is 2. The monoisotopic (exact) mass is 331 g/mol. The van der Waals surface area contributed by atoms with Gasteiger partial charge in [-0.3, -0.25) is 4.79 Å². The van der Waals surface area contributed by atoms with Gasteiger partial charge < -0.3 is 15.5 Å². The van der Waals surface area contributed by atoms with Crippen LogP contribution < -0.4 is 10.6 Å². The van der Waals surface area contributed by atoms with Crippen molar-refractivity contribution < 1.29 is 9.59 Å². The highest BCUT2D eigenvalue weighted by Gasteiger charge is 2.25. The van der Waals surface area contributed by atoms with Crippen LogP contribution in [0.1, 0.15) is 44.7 Å². The molecule has 3 amide bonds. The summed E-state index contributed by atoms with van der Waals surface area (Å²) in [5.41, 5.74) is 1.98. The van der Waals surface area contributed by atoms with Crippen LogP contribution in [0.4, 0.5) is 4.79 Å². The van der Waals surface area contributed by atoms with Crippen molar-refractivity contribution in [1.29, 1.82) is 0 Å². The van der Waals surface area contributed by atoms with Crippen LogP contribution in [-0.4, -0.2) is 41.5 Å². The first kappa shape index (κ1) is 18.3. The number of urea groups is 1. The summed E-state index contributed by atoms with van der Waals surface area (Å²) in [6.45, 7) is 9.31. The molecule has 132 valence electrons. The second-order valence-electron chi connectivity index (χ2n) is 7.61. The zero-order chi connectivity index (χ0) is 17.7. The van der Waals surface area contributed by atoms with Crippen LogP contribution in [0.15, 0.2) is 24.3 Å². The van der Waals surface area contributed by atoms with E-state index in [-0.39, 0.29) is 23.5 Å². The maximum absolute atomic E-state index is 12.2. The van der Waals surface area contributed by atoms with Gasteiger partial charge in [-0.15, -0.1) is 0 Å². The van der Waals surface area contributed by atoms with Gasteiger partial charge in [0.05, 0.1) is 6.42 Å². The van der Waals surface area contributed by atoms with E-state index in [0.717, 1.165) is 24.0 Å². The number of carbonyl (C=O) groups is 2. The topological polar surface area (TPSA) is 61.4 Å². The van der Waals surface area contributed by atoms with Gasteiger partial charge in [-0.1, -0.05) is 24.3 Å². The average Bonchev–Trinajstić information content (AvgIpc) is 2.48. The minimum Gasteiger partial charge on any atom is -0.353 e. The normalized spacial score (nSPS) is 15.9. The van der Waals surface area contributed by atoms with E-state index in [0.29, 0.717) is 19.5 Å². The van der Waals surface area contributed by atoms with Crippen molar-refractivity contribution in [2.45, 2.75) is 58.5 Å². The van der Waals surface area contributed by atoms with E-state index < -0.39 is 0 Å². The Hall–Kier alpha value is -2.04. The van der Waals surface area contributed by atoms with E-state index in [2.05, 4.69) is 10.6 Å². The molecule has 0 radical (unpaired) electrons. The first-order valence-corrected chi connectivity index (χ1v) is 8.65. The molecule has 1 saturated heterocycles. The van der Waals surface area contributed by atoms with Gasteiger partial charge in [0.1, 0.15) is 0 Å². The quantitative estimate of drug-likeness (QED) is 0.894. The molecule has 0 atom stereocenters. The van der Waals surface area contributed by atoms with E-state index in [1.54, 1.807) is 0 Å². The molecule has 1 aliphatic rings. The van der Waals surface area contributed by atoms with Gasteiger partial charge in [0.25, 0.3) is 0 Å². The van der Waals surface area contributed by atoms with Crippen LogP contribution in [0.3, 0.4) is 0 Å². The van der Waals surface area contributed by atoms with Gasteiger partial charge in [0.2, 0.25) is 5.91 Å². The Morgan fingerprint density at radius 1 is 1.17 bits per heavy atom. The van der Waals surface area contributed by atoms with E-state index in [4.69, 9.17) is 0 Å². The van der Waals surface area contributed by atoms with Gasteiger partial charge in [0.15, 0.2) is 0 Å². The zero-order valence-corrected chi connectivity index (χ0v) is 15.2. The third kappa shape index (κ3) is 5.55. The summed E-state index contributed by atoms with van der Waals surface area (Å²) < 4.78 is 0. The van der Waals surface area contributed by atoms with Crippen molar-refractivity contribution in [3.8, 4) is 0 Å². The van der Waals surface area contributed by atoms with Crippen LogP contribution in [0, 0.1) is 6.92 Å². The summed E-state index contributed by atoms with van der Waals surface area (Å²) in [5, 5.41) is 6.09. The Balaban J connectivity index is 1.77. The Labute approximate surface area is 144 Å². The Kier molecular flexibility index (Phi) is 5.86. The third-order valence-electron chi connectivity index (χ3n) is 4.24. The summed E-state index contributed by atoms with van der Waals surface area (Å²) in [6.07, 6.45) is 2.02. The largest absolute Gasteiger partial charge is 0.353 e. The first-order valence-electron chi connectivity index (χ1n) is 8.65. The Bertz CT molecular complexity index is 585. The Morgan fingerprint density at radius 2 is 1.79 bits per heavy atom. The highest BCUT2D eigenvalue weighted by Crippen LogP contribution is 2.13. The fourth-order valence-electron chi connectivity index (χ4n) is 2.89. The van der Waals surface area contributed by atoms with Gasteiger partial charge in [-0.2, -0.15) is 0 Å².